The van der Waals surface area contributed by atoms with Gasteiger partial charge in [-0.05, 0) is 80.8 Å². The molecular weight excluding hydrogens is 548 g/mol. The minimum atomic E-state index is -1.00. The summed E-state index contributed by atoms with van der Waals surface area (Å²) in [7, 11) is 0. The zero-order valence-electron chi connectivity index (χ0n) is 21.4. The predicted octanol–water partition coefficient (Wildman–Crippen LogP) is 8.57. The van der Waals surface area contributed by atoms with Crippen LogP contribution in [0.2, 0.25) is 0 Å². The van der Waals surface area contributed by atoms with Crippen LogP contribution in [0, 0.1) is 20.2 Å². The molecule has 0 aromatic heterocycles. The van der Waals surface area contributed by atoms with Crippen LogP contribution in [-0.2, 0) is 22.7 Å². The lowest BCUT2D eigenvalue weighted by Gasteiger charge is -2.13. The zero-order valence-corrected chi connectivity index (χ0v) is 21.4. The predicted molar refractivity (Wildman–Crippen MR) is 150 cm³/mol. The molecule has 0 saturated heterocycles. The monoisotopic (exact) mass is 566 g/mol. The third-order valence-corrected chi connectivity index (χ3v) is 5.98. The van der Waals surface area contributed by atoms with Crippen LogP contribution in [-0.4, -0.2) is 16.0 Å². The minimum Gasteiger partial charge on any atom is -0.429 e. The van der Waals surface area contributed by atoms with E-state index < -0.39 is 16.0 Å². The number of benzene rings is 4. The standard InChI is InChI=1S/C27H18N8O7/c28-32-30-21-7-1-19(25(13-21)17-3-9-23(10-4-17)34(37)38)15-41-27(36)42-16-20-2-8-22(31-33-29)14-26(20)18-5-11-24(12-6-18)35(39)40/h1-14H,15-16H2. The Hall–Kier alpha value is -6.43. The fraction of sp³-hybridized carbons (Fsp3) is 0.0741. The highest BCUT2D eigenvalue weighted by atomic mass is 16.7. The molecule has 0 unspecified atom stereocenters. The summed E-state index contributed by atoms with van der Waals surface area (Å²) in [5.41, 5.74) is 21.2. The summed E-state index contributed by atoms with van der Waals surface area (Å²) in [6, 6.07) is 20.8. The van der Waals surface area contributed by atoms with Crippen LogP contribution in [0.25, 0.3) is 43.1 Å². The molecule has 15 nitrogen and oxygen atoms in total. The van der Waals surface area contributed by atoms with Crippen molar-refractivity contribution >= 4 is 28.9 Å². The van der Waals surface area contributed by atoms with Gasteiger partial charge >= 0.3 is 6.16 Å². The first kappa shape index (κ1) is 28.6. The number of nitrogens with zero attached hydrogens (tertiary/aromatic N) is 8. The Morgan fingerprint density at radius 2 is 1.05 bits per heavy atom. The summed E-state index contributed by atoms with van der Waals surface area (Å²) in [4.78, 5) is 39.0. The molecule has 4 aromatic rings. The molecule has 0 amide bonds. The second-order valence-electron chi connectivity index (χ2n) is 8.50. The number of rotatable bonds is 10. The molecule has 0 aliphatic carbocycles. The largest absolute Gasteiger partial charge is 0.508 e. The van der Waals surface area contributed by atoms with Gasteiger partial charge in [0.25, 0.3) is 11.4 Å². The Balaban J connectivity index is 1.51. The molecule has 4 rings (SSSR count). The smallest absolute Gasteiger partial charge is 0.429 e. The highest BCUT2D eigenvalue weighted by molar-refractivity contribution is 5.73. The van der Waals surface area contributed by atoms with Crippen LogP contribution >= 0.6 is 0 Å². The van der Waals surface area contributed by atoms with E-state index in [0.29, 0.717) is 44.8 Å². The SMILES string of the molecule is [N-]=[N+]=Nc1ccc(COC(=O)OCc2ccc(N=[N+]=[N-])cc2-c2ccc([N+](=O)[O-])cc2)c(-c2ccc([N+](=O)[O-])cc2)c1. The quantitative estimate of drug-likeness (QED) is 0.0453. The molecule has 208 valence electrons. The lowest BCUT2D eigenvalue weighted by Crippen LogP contribution is -2.08. The van der Waals surface area contributed by atoms with E-state index in [1.165, 1.54) is 60.7 Å². The molecule has 0 bridgehead atoms. The highest BCUT2D eigenvalue weighted by Gasteiger charge is 2.15. The molecule has 42 heavy (non-hydrogen) atoms. The molecular formula is C27H18N8O7. The Bertz CT molecular complexity index is 1630. The van der Waals surface area contributed by atoms with E-state index in [1.54, 1.807) is 24.3 Å². The lowest BCUT2D eigenvalue weighted by atomic mass is 9.99. The maximum atomic E-state index is 12.5. The van der Waals surface area contributed by atoms with E-state index in [4.69, 9.17) is 20.5 Å². The lowest BCUT2D eigenvalue weighted by molar-refractivity contribution is -0.385. The average molecular weight is 566 g/mol. The summed E-state index contributed by atoms with van der Waals surface area (Å²) in [5.74, 6) is 0. The molecule has 0 fully saturated rings. The highest BCUT2D eigenvalue weighted by Crippen LogP contribution is 2.32. The fourth-order valence-electron chi connectivity index (χ4n) is 3.99. The molecule has 0 spiro atoms. The first-order valence-corrected chi connectivity index (χ1v) is 11.9. The molecule has 15 heteroatoms. The van der Waals surface area contributed by atoms with Crippen molar-refractivity contribution in [1.82, 2.24) is 0 Å². The Morgan fingerprint density at radius 1 is 0.667 bits per heavy atom. The maximum Gasteiger partial charge on any atom is 0.508 e. The molecule has 0 N–H and O–H groups in total. The zero-order chi connectivity index (χ0) is 30.1. The van der Waals surface area contributed by atoms with Crippen molar-refractivity contribution in [3.8, 4) is 22.3 Å². The molecule has 0 atom stereocenters. The van der Waals surface area contributed by atoms with Crippen LogP contribution < -0.4 is 0 Å². The molecule has 0 radical (unpaired) electrons. The van der Waals surface area contributed by atoms with E-state index >= 15 is 0 Å². The second kappa shape index (κ2) is 13.1. The number of ether oxygens (including phenoxy) is 2. The number of carbonyl (C=O) groups excluding carboxylic acids is 1. The maximum absolute atomic E-state index is 12.5. The number of hydrogen-bond donors (Lipinski definition) is 0. The van der Waals surface area contributed by atoms with Crippen molar-refractivity contribution in [3.63, 3.8) is 0 Å². The second-order valence-corrected chi connectivity index (χ2v) is 8.50. The van der Waals surface area contributed by atoms with Crippen LogP contribution in [0.4, 0.5) is 27.5 Å². The van der Waals surface area contributed by atoms with Gasteiger partial charge < -0.3 is 9.47 Å². The average Bonchev–Trinajstić information content (AvgIpc) is 3.00. The van der Waals surface area contributed by atoms with E-state index in [2.05, 4.69) is 20.1 Å². The molecule has 0 heterocycles. The number of non-ortho nitro benzene ring substituents is 2. The van der Waals surface area contributed by atoms with Gasteiger partial charge in [-0.2, -0.15) is 0 Å². The van der Waals surface area contributed by atoms with Gasteiger partial charge in [-0.3, -0.25) is 20.2 Å². The van der Waals surface area contributed by atoms with Gasteiger partial charge in [0, 0.05) is 45.5 Å². The van der Waals surface area contributed by atoms with Gasteiger partial charge in [0.2, 0.25) is 0 Å². The summed E-state index contributed by atoms with van der Waals surface area (Å²) >= 11 is 0. The first-order chi connectivity index (χ1) is 20.3. The van der Waals surface area contributed by atoms with Crippen molar-refractivity contribution in [2.75, 3.05) is 0 Å². The van der Waals surface area contributed by atoms with Crippen molar-refractivity contribution in [1.29, 1.82) is 0 Å². The van der Waals surface area contributed by atoms with Gasteiger partial charge in [-0.25, -0.2) is 4.79 Å². The van der Waals surface area contributed by atoms with Gasteiger partial charge in [-0.1, -0.05) is 34.5 Å². The van der Waals surface area contributed by atoms with Gasteiger partial charge in [-0.15, -0.1) is 0 Å². The van der Waals surface area contributed by atoms with Crippen LogP contribution in [0.3, 0.4) is 0 Å². The van der Waals surface area contributed by atoms with E-state index in [9.17, 15) is 25.0 Å². The van der Waals surface area contributed by atoms with Crippen LogP contribution in [0.15, 0.2) is 95.2 Å². The van der Waals surface area contributed by atoms with Gasteiger partial charge in [0.05, 0.1) is 9.85 Å². The third-order valence-electron chi connectivity index (χ3n) is 5.98. The Kier molecular flexibility index (Phi) is 8.90. The topological polar surface area (TPSA) is 219 Å². The molecule has 0 aliphatic rings. The number of hydrogen-bond acceptors (Lipinski definition) is 9. The van der Waals surface area contributed by atoms with Gasteiger partial charge in [0.1, 0.15) is 13.2 Å². The molecule has 0 aliphatic heterocycles. The van der Waals surface area contributed by atoms with Crippen molar-refractivity contribution < 1.29 is 24.1 Å². The summed E-state index contributed by atoms with van der Waals surface area (Å²) < 4.78 is 10.6. The van der Waals surface area contributed by atoms with Gasteiger partial charge in [0.15, 0.2) is 0 Å². The van der Waals surface area contributed by atoms with E-state index in [0.717, 1.165) is 0 Å². The molecule has 4 aromatic carbocycles. The third kappa shape index (κ3) is 6.95. The Morgan fingerprint density at radius 3 is 1.38 bits per heavy atom. The minimum absolute atomic E-state index is 0.105. The van der Waals surface area contributed by atoms with Crippen molar-refractivity contribution in [2.45, 2.75) is 13.2 Å². The van der Waals surface area contributed by atoms with E-state index in [1.807, 2.05) is 0 Å². The summed E-state index contributed by atoms with van der Waals surface area (Å²) in [5, 5.41) is 29.2. The Labute approximate surface area is 236 Å². The number of nitro benzene ring substituents is 2. The summed E-state index contributed by atoms with van der Waals surface area (Å²) in [6.07, 6.45) is -1.00. The number of nitro groups is 2. The number of azide groups is 2. The normalized spacial score (nSPS) is 10.1. The molecule has 0 saturated carbocycles. The van der Waals surface area contributed by atoms with Crippen molar-refractivity contribution in [2.24, 2.45) is 10.2 Å². The van der Waals surface area contributed by atoms with E-state index in [-0.39, 0.29) is 24.6 Å². The summed E-state index contributed by atoms with van der Waals surface area (Å²) in [6.45, 7) is -0.459. The van der Waals surface area contributed by atoms with Crippen molar-refractivity contribution in [3.05, 3.63) is 137 Å². The van der Waals surface area contributed by atoms with Crippen LogP contribution in [0.1, 0.15) is 11.1 Å². The first-order valence-electron chi connectivity index (χ1n) is 11.9. The number of carbonyl (C=O) groups is 1. The van der Waals surface area contributed by atoms with Crippen LogP contribution in [0.5, 0.6) is 0 Å². The fourth-order valence-corrected chi connectivity index (χ4v) is 3.99.